The van der Waals surface area contributed by atoms with Crippen LogP contribution in [0.1, 0.15) is 13.8 Å². The van der Waals surface area contributed by atoms with E-state index in [0.717, 1.165) is 18.9 Å². The van der Waals surface area contributed by atoms with Gasteiger partial charge in [0.05, 0.1) is 17.2 Å². The third-order valence-electron chi connectivity index (χ3n) is 2.46. The molecule has 0 radical (unpaired) electrons. The van der Waals surface area contributed by atoms with Crippen molar-refractivity contribution in [3.8, 4) is 0 Å². The van der Waals surface area contributed by atoms with E-state index in [1.807, 2.05) is 12.1 Å². The maximum absolute atomic E-state index is 5.80. The Balaban J connectivity index is 2.12. The number of morpholine rings is 1. The molecule has 1 aromatic heterocycles. The highest BCUT2D eigenvalue weighted by Gasteiger charge is 2.22. The normalized spacial score (nSPS) is 26.7. The molecule has 0 unspecified atom stereocenters. The van der Waals surface area contributed by atoms with Crippen LogP contribution < -0.4 is 4.90 Å². The van der Waals surface area contributed by atoms with Crippen LogP contribution in [0, 0.1) is 0 Å². The first-order valence-corrected chi connectivity index (χ1v) is 5.55. The van der Waals surface area contributed by atoms with Crippen LogP contribution in [-0.4, -0.2) is 30.3 Å². The van der Waals surface area contributed by atoms with Gasteiger partial charge < -0.3 is 9.64 Å². The Kier molecular flexibility index (Phi) is 3.12. The summed E-state index contributed by atoms with van der Waals surface area (Å²) in [6.07, 6.45) is 2.19. The number of nitrogens with zero attached hydrogens (tertiary/aromatic N) is 2. The summed E-state index contributed by atoms with van der Waals surface area (Å²) in [5.41, 5.74) is 0. The molecular formula is C11H15ClN2O. The number of anilines is 1. The quantitative estimate of drug-likeness (QED) is 0.735. The molecule has 0 aliphatic carbocycles. The Morgan fingerprint density at radius 2 is 2.00 bits per heavy atom. The molecule has 1 aliphatic heterocycles. The molecule has 0 bridgehead atoms. The molecule has 1 fully saturated rings. The van der Waals surface area contributed by atoms with Gasteiger partial charge in [-0.05, 0) is 26.0 Å². The van der Waals surface area contributed by atoms with E-state index in [1.54, 1.807) is 6.20 Å². The molecule has 4 heteroatoms. The second-order valence-corrected chi connectivity index (χ2v) is 4.43. The van der Waals surface area contributed by atoms with Crippen molar-refractivity contribution in [3.05, 3.63) is 23.4 Å². The van der Waals surface area contributed by atoms with Crippen molar-refractivity contribution in [2.75, 3.05) is 18.0 Å². The van der Waals surface area contributed by atoms with Crippen molar-refractivity contribution in [1.29, 1.82) is 0 Å². The topological polar surface area (TPSA) is 25.4 Å². The fourth-order valence-corrected chi connectivity index (χ4v) is 2.03. The summed E-state index contributed by atoms with van der Waals surface area (Å²) in [5, 5.41) is 0.674. The van der Waals surface area contributed by atoms with Gasteiger partial charge in [-0.1, -0.05) is 11.6 Å². The standard InChI is InChI=1S/C11H15ClN2O/c1-8-6-14(7-9(2)15-8)11-4-3-10(12)5-13-11/h3-5,8-9H,6-7H2,1-2H3/t8-,9+. The van der Waals surface area contributed by atoms with Gasteiger partial charge in [0.15, 0.2) is 0 Å². The van der Waals surface area contributed by atoms with Gasteiger partial charge in [-0.25, -0.2) is 4.98 Å². The van der Waals surface area contributed by atoms with Crippen molar-refractivity contribution in [1.82, 2.24) is 4.98 Å². The zero-order valence-corrected chi connectivity index (χ0v) is 9.74. The predicted molar refractivity (Wildman–Crippen MR) is 61.5 cm³/mol. The summed E-state index contributed by atoms with van der Waals surface area (Å²) < 4.78 is 5.67. The van der Waals surface area contributed by atoms with Crippen molar-refractivity contribution in [3.63, 3.8) is 0 Å². The Morgan fingerprint density at radius 3 is 2.53 bits per heavy atom. The highest BCUT2D eigenvalue weighted by atomic mass is 35.5. The Hall–Kier alpha value is -0.800. The monoisotopic (exact) mass is 226 g/mol. The van der Waals surface area contributed by atoms with Crippen molar-refractivity contribution >= 4 is 17.4 Å². The lowest BCUT2D eigenvalue weighted by atomic mass is 10.2. The minimum Gasteiger partial charge on any atom is -0.372 e. The van der Waals surface area contributed by atoms with Gasteiger partial charge in [0.25, 0.3) is 0 Å². The Bertz CT molecular complexity index is 318. The number of halogens is 1. The van der Waals surface area contributed by atoms with Crippen LogP contribution in [0.15, 0.2) is 18.3 Å². The molecule has 1 aliphatic rings. The molecule has 0 spiro atoms. The number of hydrogen-bond acceptors (Lipinski definition) is 3. The second kappa shape index (κ2) is 4.37. The van der Waals surface area contributed by atoms with Gasteiger partial charge in [-0.3, -0.25) is 0 Å². The molecule has 82 valence electrons. The zero-order chi connectivity index (χ0) is 10.8. The lowest BCUT2D eigenvalue weighted by molar-refractivity contribution is -0.00545. The predicted octanol–water partition coefficient (Wildman–Crippen LogP) is 2.35. The number of aromatic nitrogens is 1. The number of hydrogen-bond donors (Lipinski definition) is 0. The van der Waals surface area contributed by atoms with Crippen molar-refractivity contribution in [2.45, 2.75) is 26.1 Å². The maximum atomic E-state index is 5.80. The Morgan fingerprint density at radius 1 is 1.33 bits per heavy atom. The molecule has 3 nitrogen and oxygen atoms in total. The molecule has 0 saturated carbocycles. The fraction of sp³-hybridized carbons (Fsp3) is 0.545. The van der Waals surface area contributed by atoms with Crippen LogP contribution in [0.2, 0.25) is 5.02 Å². The lowest BCUT2D eigenvalue weighted by Gasteiger charge is -2.36. The van der Waals surface area contributed by atoms with Gasteiger partial charge >= 0.3 is 0 Å². The van der Waals surface area contributed by atoms with Crippen LogP contribution >= 0.6 is 11.6 Å². The van der Waals surface area contributed by atoms with E-state index >= 15 is 0 Å². The second-order valence-electron chi connectivity index (χ2n) is 4.00. The molecule has 15 heavy (non-hydrogen) atoms. The van der Waals surface area contributed by atoms with Crippen molar-refractivity contribution in [2.24, 2.45) is 0 Å². The number of ether oxygens (including phenoxy) is 1. The van der Waals surface area contributed by atoms with E-state index in [0.29, 0.717) is 5.02 Å². The maximum Gasteiger partial charge on any atom is 0.128 e. The van der Waals surface area contributed by atoms with E-state index in [9.17, 15) is 0 Å². The molecule has 0 aromatic carbocycles. The lowest BCUT2D eigenvalue weighted by Crippen LogP contribution is -2.45. The molecule has 2 atom stereocenters. The van der Waals surface area contributed by atoms with E-state index in [2.05, 4.69) is 23.7 Å². The SMILES string of the molecule is C[C@@H]1CN(c2ccc(Cl)cn2)C[C@H](C)O1. The average molecular weight is 227 g/mol. The molecule has 0 amide bonds. The summed E-state index contributed by atoms with van der Waals surface area (Å²) in [6.45, 7) is 5.94. The molecule has 1 saturated heterocycles. The molecular weight excluding hydrogens is 212 g/mol. The highest BCUT2D eigenvalue weighted by molar-refractivity contribution is 6.30. The van der Waals surface area contributed by atoms with Crippen LogP contribution in [0.4, 0.5) is 5.82 Å². The fourth-order valence-electron chi connectivity index (χ4n) is 1.92. The van der Waals surface area contributed by atoms with E-state index in [-0.39, 0.29) is 12.2 Å². The number of rotatable bonds is 1. The van der Waals surface area contributed by atoms with Crippen LogP contribution in [0.25, 0.3) is 0 Å². The minimum absolute atomic E-state index is 0.256. The number of pyridine rings is 1. The van der Waals surface area contributed by atoms with E-state index in [4.69, 9.17) is 16.3 Å². The third-order valence-corrected chi connectivity index (χ3v) is 2.68. The summed E-state index contributed by atoms with van der Waals surface area (Å²) in [5.74, 6) is 0.974. The third kappa shape index (κ3) is 2.61. The molecule has 1 aromatic rings. The van der Waals surface area contributed by atoms with Crippen LogP contribution in [0.5, 0.6) is 0 Å². The zero-order valence-electron chi connectivity index (χ0n) is 8.98. The Labute approximate surface area is 95.0 Å². The largest absolute Gasteiger partial charge is 0.372 e. The van der Waals surface area contributed by atoms with E-state index in [1.165, 1.54) is 0 Å². The molecule has 0 N–H and O–H groups in total. The van der Waals surface area contributed by atoms with Gasteiger partial charge in [0, 0.05) is 19.3 Å². The summed E-state index contributed by atoms with van der Waals surface area (Å²) in [4.78, 5) is 6.54. The summed E-state index contributed by atoms with van der Waals surface area (Å²) >= 11 is 5.80. The van der Waals surface area contributed by atoms with Crippen molar-refractivity contribution < 1.29 is 4.74 Å². The summed E-state index contributed by atoms with van der Waals surface area (Å²) in [6, 6.07) is 3.82. The summed E-state index contributed by atoms with van der Waals surface area (Å²) in [7, 11) is 0. The van der Waals surface area contributed by atoms with Gasteiger partial charge in [-0.2, -0.15) is 0 Å². The average Bonchev–Trinajstić information content (AvgIpc) is 2.17. The van der Waals surface area contributed by atoms with E-state index < -0.39 is 0 Å². The highest BCUT2D eigenvalue weighted by Crippen LogP contribution is 2.19. The first kappa shape index (κ1) is 10.7. The van der Waals surface area contributed by atoms with Gasteiger partial charge in [0.2, 0.25) is 0 Å². The van der Waals surface area contributed by atoms with Crippen LogP contribution in [-0.2, 0) is 4.74 Å². The first-order chi connectivity index (χ1) is 7.15. The van der Waals surface area contributed by atoms with Gasteiger partial charge in [-0.15, -0.1) is 0 Å². The van der Waals surface area contributed by atoms with Crippen LogP contribution in [0.3, 0.4) is 0 Å². The molecule has 2 rings (SSSR count). The smallest absolute Gasteiger partial charge is 0.128 e. The first-order valence-electron chi connectivity index (χ1n) is 5.17. The van der Waals surface area contributed by atoms with Gasteiger partial charge in [0.1, 0.15) is 5.82 Å². The molecule has 2 heterocycles. The minimum atomic E-state index is 0.256.